The van der Waals surface area contributed by atoms with Crippen molar-refractivity contribution in [3.05, 3.63) is 0 Å². The van der Waals surface area contributed by atoms with E-state index in [9.17, 15) is 14.7 Å². The highest BCUT2D eigenvalue weighted by Crippen LogP contribution is 2.39. The molecule has 0 radical (unpaired) electrons. The van der Waals surface area contributed by atoms with Gasteiger partial charge in [-0.15, -0.1) is 0 Å². The Morgan fingerprint density at radius 3 is 2.29 bits per heavy atom. The quantitative estimate of drug-likeness (QED) is 0.740. The smallest absolute Gasteiger partial charge is 0.329 e. The number of nitrogens with one attached hydrogen (secondary N) is 1. The van der Waals surface area contributed by atoms with E-state index < -0.39 is 16.9 Å². The monoisotopic (exact) mass is 296 g/mol. The third kappa shape index (κ3) is 2.93. The Hall–Kier alpha value is -1.10. The van der Waals surface area contributed by atoms with Gasteiger partial charge in [0.15, 0.2) is 0 Å². The standard InChI is InChI=1S/C16H28N2O3/c1-3-11-6-9-16(10-7-11,14(20)21)18-13(19)15(2)8-4-5-12(15)17/h11-12H,3-10,17H2,1-2H3,(H,18,19)(H,20,21). The van der Waals surface area contributed by atoms with Crippen LogP contribution in [0.3, 0.4) is 0 Å². The number of carboxylic acid groups (broad SMARTS) is 1. The van der Waals surface area contributed by atoms with Crippen molar-refractivity contribution in [3.8, 4) is 0 Å². The van der Waals surface area contributed by atoms with Crippen LogP contribution in [0, 0.1) is 11.3 Å². The molecule has 0 aromatic carbocycles. The maximum atomic E-state index is 12.7. The van der Waals surface area contributed by atoms with Crippen molar-refractivity contribution in [2.45, 2.75) is 76.8 Å². The lowest BCUT2D eigenvalue weighted by molar-refractivity contribution is -0.151. The highest BCUT2D eigenvalue weighted by molar-refractivity contribution is 5.90. The van der Waals surface area contributed by atoms with Crippen LogP contribution in [0.1, 0.15) is 65.2 Å². The number of carbonyl (C=O) groups is 2. The molecule has 2 aliphatic rings. The summed E-state index contributed by atoms with van der Waals surface area (Å²) in [6, 6.07) is -0.171. The summed E-state index contributed by atoms with van der Waals surface area (Å²) >= 11 is 0. The van der Waals surface area contributed by atoms with Gasteiger partial charge in [-0.2, -0.15) is 0 Å². The lowest BCUT2D eigenvalue weighted by Gasteiger charge is -2.40. The zero-order chi connectivity index (χ0) is 15.7. The summed E-state index contributed by atoms with van der Waals surface area (Å²) in [6.45, 7) is 4.00. The molecule has 21 heavy (non-hydrogen) atoms. The van der Waals surface area contributed by atoms with Gasteiger partial charge in [0.2, 0.25) is 5.91 Å². The van der Waals surface area contributed by atoms with Crippen molar-refractivity contribution < 1.29 is 14.7 Å². The number of aliphatic carboxylic acids is 1. The predicted octanol–water partition coefficient (Wildman–Crippen LogP) is 2.04. The minimum absolute atomic E-state index is 0.171. The maximum absolute atomic E-state index is 12.7. The molecule has 2 unspecified atom stereocenters. The third-order valence-corrected chi connectivity index (χ3v) is 5.85. The van der Waals surface area contributed by atoms with Gasteiger partial charge >= 0.3 is 5.97 Å². The van der Waals surface area contributed by atoms with Crippen LogP contribution in [0.15, 0.2) is 0 Å². The minimum Gasteiger partial charge on any atom is -0.480 e. The van der Waals surface area contributed by atoms with E-state index in [1.807, 2.05) is 6.92 Å². The molecule has 1 amide bonds. The van der Waals surface area contributed by atoms with Crippen LogP contribution >= 0.6 is 0 Å². The average Bonchev–Trinajstić information content (AvgIpc) is 2.80. The van der Waals surface area contributed by atoms with E-state index >= 15 is 0 Å². The van der Waals surface area contributed by atoms with Crippen LogP contribution in [0.25, 0.3) is 0 Å². The van der Waals surface area contributed by atoms with E-state index in [-0.39, 0.29) is 11.9 Å². The lowest BCUT2D eigenvalue weighted by atomic mass is 9.74. The van der Waals surface area contributed by atoms with Crippen LogP contribution in [0.5, 0.6) is 0 Å². The van der Waals surface area contributed by atoms with Crippen molar-refractivity contribution in [2.75, 3.05) is 0 Å². The molecule has 4 N–H and O–H groups in total. The normalized spacial score (nSPS) is 40.0. The molecule has 2 rings (SSSR count). The molecule has 0 bridgehead atoms. The first-order valence-corrected chi connectivity index (χ1v) is 8.15. The van der Waals surface area contributed by atoms with Gasteiger partial charge in [-0.05, 0) is 51.4 Å². The summed E-state index contributed by atoms with van der Waals surface area (Å²) in [6.07, 6.45) is 6.37. The fourth-order valence-electron chi connectivity index (χ4n) is 3.81. The Balaban J connectivity index is 2.10. The van der Waals surface area contributed by atoms with E-state index in [1.54, 1.807) is 0 Å². The molecule has 0 heterocycles. The van der Waals surface area contributed by atoms with Gasteiger partial charge in [-0.25, -0.2) is 4.79 Å². The minimum atomic E-state index is -1.09. The summed E-state index contributed by atoms with van der Waals surface area (Å²) in [5.41, 5.74) is 4.36. The van der Waals surface area contributed by atoms with E-state index in [4.69, 9.17) is 5.73 Å². The summed E-state index contributed by atoms with van der Waals surface area (Å²) in [7, 11) is 0. The number of hydrogen-bond acceptors (Lipinski definition) is 3. The molecule has 5 heteroatoms. The summed E-state index contributed by atoms with van der Waals surface area (Å²) in [5.74, 6) is -0.496. The predicted molar refractivity (Wildman–Crippen MR) is 80.7 cm³/mol. The molecule has 5 nitrogen and oxygen atoms in total. The van der Waals surface area contributed by atoms with Gasteiger partial charge in [-0.3, -0.25) is 4.79 Å². The molecular weight excluding hydrogens is 268 g/mol. The topological polar surface area (TPSA) is 92.4 Å². The first-order valence-electron chi connectivity index (χ1n) is 8.15. The van der Waals surface area contributed by atoms with Crippen molar-refractivity contribution >= 4 is 11.9 Å². The molecular formula is C16H28N2O3. The molecule has 0 spiro atoms. The van der Waals surface area contributed by atoms with Crippen molar-refractivity contribution in [2.24, 2.45) is 17.1 Å². The molecule has 0 aromatic heterocycles. The van der Waals surface area contributed by atoms with Crippen molar-refractivity contribution in [1.82, 2.24) is 5.32 Å². The van der Waals surface area contributed by atoms with E-state index in [0.717, 1.165) is 38.5 Å². The summed E-state index contributed by atoms with van der Waals surface area (Å²) in [4.78, 5) is 24.4. The molecule has 120 valence electrons. The Labute approximate surface area is 126 Å². The first-order chi connectivity index (χ1) is 9.84. The van der Waals surface area contributed by atoms with Crippen molar-refractivity contribution in [1.29, 1.82) is 0 Å². The number of carbonyl (C=O) groups excluding carboxylic acids is 1. The van der Waals surface area contributed by atoms with Crippen LogP contribution in [0.4, 0.5) is 0 Å². The second-order valence-electron chi connectivity index (χ2n) is 7.11. The average molecular weight is 296 g/mol. The molecule has 2 aliphatic carbocycles. The van der Waals surface area contributed by atoms with Crippen molar-refractivity contribution in [3.63, 3.8) is 0 Å². The highest BCUT2D eigenvalue weighted by Gasteiger charge is 2.49. The number of carboxylic acids is 1. The van der Waals surface area contributed by atoms with Crippen LogP contribution in [-0.2, 0) is 9.59 Å². The first kappa shape index (κ1) is 16.3. The van der Waals surface area contributed by atoms with Crippen LogP contribution in [0.2, 0.25) is 0 Å². The second kappa shape index (κ2) is 5.95. The summed E-state index contributed by atoms with van der Waals surface area (Å²) in [5, 5.41) is 12.5. The largest absolute Gasteiger partial charge is 0.480 e. The molecule has 0 aliphatic heterocycles. The highest BCUT2D eigenvalue weighted by atomic mass is 16.4. The maximum Gasteiger partial charge on any atom is 0.329 e. The Morgan fingerprint density at radius 1 is 1.24 bits per heavy atom. The SMILES string of the molecule is CCC1CCC(NC(=O)C2(C)CCCC2N)(C(=O)O)CC1. The Bertz CT molecular complexity index is 416. The zero-order valence-corrected chi connectivity index (χ0v) is 13.2. The molecule has 0 saturated heterocycles. The zero-order valence-electron chi connectivity index (χ0n) is 13.2. The number of rotatable bonds is 4. The number of nitrogens with two attached hydrogens (primary N) is 1. The van der Waals surface area contributed by atoms with E-state index in [1.165, 1.54) is 0 Å². The van der Waals surface area contributed by atoms with Gasteiger partial charge in [0.1, 0.15) is 5.54 Å². The second-order valence-corrected chi connectivity index (χ2v) is 7.11. The molecule has 2 fully saturated rings. The fourth-order valence-corrected chi connectivity index (χ4v) is 3.81. The van der Waals surface area contributed by atoms with Crippen LogP contribution < -0.4 is 11.1 Å². The lowest BCUT2D eigenvalue weighted by Crippen LogP contribution is -2.61. The van der Waals surface area contributed by atoms with Gasteiger partial charge in [0.05, 0.1) is 5.41 Å². The number of amides is 1. The molecule has 2 saturated carbocycles. The Kier molecular flexibility index (Phi) is 4.61. The van der Waals surface area contributed by atoms with E-state index in [2.05, 4.69) is 12.2 Å². The number of hydrogen-bond donors (Lipinski definition) is 3. The van der Waals surface area contributed by atoms with Crippen LogP contribution in [-0.4, -0.2) is 28.6 Å². The summed E-state index contributed by atoms with van der Waals surface area (Å²) < 4.78 is 0. The van der Waals surface area contributed by atoms with Gasteiger partial charge in [-0.1, -0.05) is 19.8 Å². The molecule has 2 atom stereocenters. The van der Waals surface area contributed by atoms with Gasteiger partial charge in [0.25, 0.3) is 0 Å². The van der Waals surface area contributed by atoms with Gasteiger partial charge < -0.3 is 16.2 Å². The molecule has 0 aromatic rings. The Morgan fingerprint density at radius 2 is 1.86 bits per heavy atom. The van der Waals surface area contributed by atoms with Gasteiger partial charge in [0, 0.05) is 6.04 Å². The fraction of sp³-hybridized carbons (Fsp3) is 0.875. The van der Waals surface area contributed by atoms with E-state index in [0.29, 0.717) is 18.8 Å². The third-order valence-electron chi connectivity index (χ3n) is 5.85.